The first-order valence-corrected chi connectivity index (χ1v) is 4.43. The van der Waals surface area contributed by atoms with Gasteiger partial charge in [-0.05, 0) is 27.6 Å². The molecule has 0 saturated carbocycles. The van der Waals surface area contributed by atoms with Gasteiger partial charge in [-0.2, -0.15) is 8.78 Å². The fraction of sp³-hybridized carbons (Fsp3) is 0.250. The Morgan fingerprint density at radius 2 is 2.21 bits per heavy atom. The quantitative estimate of drug-likeness (QED) is 0.852. The molecule has 1 N–H and O–H groups in total. The van der Waals surface area contributed by atoms with E-state index < -0.39 is 18.3 Å². The van der Waals surface area contributed by atoms with Gasteiger partial charge in [-0.1, -0.05) is 6.07 Å². The number of carbonyl (C=O) groups is 1. The number of rotatable bonds is 3. The van der Waals surface area contributed by atoms with E-state index in [0.29, 0.717) is 4.60 Å². The summed E-state index contributed by atoms with van der Waals surface area (Å²) < 4.78 is 25.9. The number of halogens is 3. The predicted octanol–water partition coefficient (Wildman–Crippen LogP) is 2.11. The molecule has 0 saturated heterocycles. The molecule has 0 fully saturated rings. The highest BCUT2D eigenvalue weighted by atomic mass is 79.9. The molecule has 14 heavy (non-hydrogen) atoms. The van der Waals surface area contributed by atoms with Crippen molar-refractivity contribution in [2.75, 3.05) is 0 Å². The van der Waals surface area contributed by atoms with E-state index in [0.717, 1.165) is 0 Å². The first-order chi connectivity index (χ1) is 6.42. The predicted molar refractivity (Wildman–Crippen MR) is 48.2 cm³/mol. The molecule has 0 spiro atoms. The minimum Gasteiger partial charge on any atom is -0.477 e. The van der Waals surface area contributed by atoms with E-state index in [9.17, 15) is 13.6 Å². The Hall–Kier alpha value is -1.04. The molecule has 0 aliphatic heterocycles. The van der Waals surface area contributed by atoms with Crippen molar-refractivity contribution in [3.63, 3.8) is 0 Å². The molecule has 1 aromatic rings. The Morgan fingerprint density at radius 1 is 1.57 bits per heavy atom. The maximum absolute atomic E-state index is 12.7. The monoisotopic (exact) mass is 265 g/mol. The van der Waals surface area contributed by atoms with Crippen molar-refractivity contribution in [1.29, 1.82) is 0 Å². The lowest BCUT2D eigenvalue weighted by molar-refractivity contribution is -0.164. The van der Waals surface area contributed by atoms with Gasteiger partial charge in [0.05, 0.1) is 0 Å². The van der Waals surface area contributed by atoms with Gasteiger partial charge in [0.25, 0.3) is 0 Å². The van der Waals surface area contributed by atoms with Crippen LogP contribution in [0.25, 0.3) is 0 Å². The Bertz CT molecular complexity index is 340. The molecule has 0 unspecified atom stereocenters. The Balaban J connectivity index is 2.79. The molecule has 6 heteroatoms. The number of pyridine rings is 1. The fourth-order valence-corrected chi connectivity index (χ4v) is 1.08. The molecule has 0 aliphatic carbocycles. The molecule has 0 aliphatic rings. The van der Waals surface area contributed by atoms with Crippen LogP contribution < -0.4 is 0 Å². The van der Waals surface area contributed by atoms with E-state index in [1.807, 2.05) is 0 Å². The molecule has 3 nitrogen and oxygen atoms in total. The van der Waals surface area contributed by atoms with Gasteiger partial charge in [0, 0.05) is 12.6 Å². The number of aliphatic carboxylic acids is 1. The molecular formula is C8H6BrF2NO2. The molecule has 0 bridgehead atoms. The average Bonchev–Trinajstić information content (AvgIpc) is 2.08. The van der Waals surface area contributed by atoms with E-state index >= 15 is 0 Å². The smallest absolute Gasteiger partial charge is 0.374 e. The SMILES string of the molecule is O=C(O)C(F)(F)Cc1ccc(Br)nc1. The summed E-state index contributed by atoms with van der Waals surface area (Å²) >= 11 is 3.04. The van der Waals surface area contributed by atoms with Crippen LogP contribution in [-0.2, 0) is 11.2 Å². The summed E-state index contributed by atoms with van der Waals surface area (Å²) in [7, 11) is 0. The number of alkyl halides is 2. The van der Waals surface area contributed by atoms with Gasteiger partial charge in [0.1, 0.15) is 4.60 Å². The molecule has 76 valence electrons. The Labute approximate surface area is 86.9 Å². The van der Waals surface area contributed by atoms with E-state index in [1.54, 1.807) is 0 Å². The highest BCUT2D eigenvalue weighted by Crippen LogP contribution is 2.20. The van der Waals surface area contributed by atoms with Crippen LogP contribution in [0.2, 0.25) is 0 Å². The normalized spacial score (nSPS) is 11.4. The lowest BCUT2D eigenvalue weighted by atomic mass is 10.1. The molecule has 0 aromatic carbocycles. The minimum absolute atomic E-state index is 0.181. The molecular weight excluding hydrogens is 260 g/mol. The summed E-state index contributed by atoms with van der Waals surface area (Å²) in [5.74, 6) is -5.87. The molecule has 1 rings (SSSR count). The van der Waals surface area contributed by atoms with Crippen molar-refractivity contribution in [2.45, 2.75) is 12.3 Å². The third-order valence-corrected chi connectivity index (χ3v) is 2.00. The third-order valence-electron chi connectivity index (χ3n) is 1.53. The second-order valence-corrected chi connectivity index (χ2v) is 3.49. The average molecular weight is 266 g/mol. The van der Waals surface area contributed by atoms with Crippen LogP contribution in [0.1, 0.15) is 5.56 Å². The molecule has 0 radical (unpaired) electrons. The molecule has 0 atom stereocenters. The van der Waals surface area contributed by atoms with Gasteiger partial charge in [-0.3, -0.25) is 0 Å². The van der Waals surface area contributed by atoms with E-state index in [4.69, 9.17) is 5.11 Å². The Morgan fingerprint density at radius 3 is 2.64 bits per heavy atom. The van der Waals surface area contributed by atoms with Crippen LogP contribution in [0.3, 0.4) is 0 Å². The van der Waals surface area contributed by atoms with Crippen LogP contribution >= 0.6 is 15.9 Å². The van der Waals surface area contributed by atoms with Gasteiger partial charge in [0.2, 0.25) is 0 Å². The number of aromatic nitrogens is 1. The van der Waals surface area contributed by atoms with E-state index in [1.165, 1.54) is 18.3 Å². The number of carboxylic acids is 1. The van der Waals surface area contributed by atoms with Crippen LogP contribution in [0, 0.1) is 0 Å². The van der Waals surface area contributed by atoms with Crippen LogP contribution in [-0.4, -0.2) is 22.0 Å². The van der Waals surface area contributed by atoms with Gasteiger partial charge in [0.15, 0.2) is 0 Å². The molecule has 1 heterocycles. The lowest BCUT2D eigenvalue weighted by Gasteiger charge is -2.10. The van der Waals surface area contributed by atoms with Crippen molar-refractivity contribution in [2.24, 2.45) is 0 Å². The van der Waals surface area contributed by atoms with Crippen molar-refractivity contribution in [1.82, 2.24) is 4.98 Å². The second-order valence-electron chi connectivity index (χ2n) is 2.68. The van der Waals surface area contributed by atoms with Crippen LogP contribution in [0.4, 0.5) is 8.78 Å². The van der Waals surface area contributed by atoms with Gasteiger partial charge >= 0.3 is 11.9 Å². The first-order valence-electron chi connectivity index (χ1n) is 3.63. The number of hydrogen-bond donors (Lipinski definition) is 1. The number of nitrogens with zero attached hydrogens (tertiary/aromatic N) is 1. The second kappa shape index (κ2) is 4.00. The lowest BCUT2D eigenvalue weighted by Crippen LogP contribution is -2.30. The summed E-state index contributed by atoms with van der Waals surface area (Å²) in [6, 6.07) is 2.88. The summed E-state index contributed by atoms with van der Waals surface area (Å²) in [4.78, 5) is 13.8. The number of carboxylic acid groups (broad SMARTS) is 1. The maximum Gasteiger partial charge on any atom is 0.374 e. The molecule has 1 aromatic heterocycles. The highest BCUT2D eigenvalue weighted by molar-refractivity contribution is 9.10. The highest BCUT2D eigenvalue weighted by Gasteiger charge is 2.38. The Kier molecular flexibility index (Phi) is 3.15. The minimum atomic E-state index is -3.74. The standard InChI is InChI=1S/C8H6BrF2NO2/c9-6-2-1-5(4-12-6)3-8(10,11)7(13)14/h1-2,4H,3H2,(H,13,14). The third kappa shape index (κ3) is 2.73. The first kappa shape index (κ1) is 11.0. The summed E-state index contributed by atoms with van der Waals surface area (Å²) in [6.07, 6.45) is 0.365. The van der Waals surface area contributed by atoms with Crippen molar-refractivity contribution >= 4 is 21.9 Å². The van der Waals surface area contributed by atoms with Gasteiger partial charge in [-0.25, -0.2) is 9.78 Å². The molecule has 0 amide bonds. The van der Waals surface area contributed by atoms with Crippen LogP contribution in [0.15, 0.2) is 22.9 Å². The zero-order chi connectivity index (χ0) is 10.8. The largest absolute Gasteiger partial charge is 0.477 e. The van der Waals surface area contributed by atoms with E-state index in [2.05, 4.69) is 20.9 Å². The van der Waals surface area contributed by atoms with Crippen molar-refractivity contribution < 1.29 is 18.7 Å². The summed E-state index contributed by atoms with van der Waals surface area (Å²) in [5, 5.41) is 8.18. The van der Waals surface area contributed by atoms with Crippen molar-refractivity contribution in [3.05, 3.63) is 28.5 Å². The van der Waals surface area contributed by atoms with Gasteiger partial charge in [-0.15, -0.1) is 0 Å². The number of hydrogen-bond acceptors (Lipinski definition) is 2. The van der Waals surface area contributed by atoms with E-state index in [-0.39, 0.29) is 5.56 Å². The topological polar surface area (TPSA) is 50.2 Å². The zero-order valence-electron chi connectivity index (χ0n) is 6.88. The summed E-state index contributed by atoms with van der Waals surface area (Å²) in [6.45, 7) is 0. The summed E-state index contributed by atoms with van der Waals surface area (Å²) in [5.41, 5.74) is 0.181. The fourth-order valence-electron chi connectivity index (χ4n) is 0.843. The van der Waals surface area contributed by atoms with Crippen molar-refractivity contribution in [3.8, 4) is 0 Å². The zero-order valence-corrected chi connectivity index (χ0v) is 8.46. The van der Waals surface area contributed by atoms with Crippen LogP contribution in [0.5, 0.6) is 0 Å². The van der Waals surface area contributed by atoms with Gasteiger partial charge < -0.3 is 5.11 Å². The maximum atomic E-state index is 12.7.